The third-order valence-electron chi connectivity index (χ3n) is 3.91. The Morgan fingerprint density at radius 2 is 1.95 bits per heavy atom. The summed E-state index contributed by atoms with van der Waals surface area (Å²) in [6, 6.07) is 9.37. The van der Waals surface area contributed by atoms with E-state index in [1.54, 1.807) is 0 Å². The lowest BCUT2D eigenvalue weighted by Gasteiger charge is -2.38. The average Bonchev–Trinajstić information content (AvgIpc) is 2.40. The molecule has 0 radical (unpaired) electrons. The summed E-state index contributed by atoms with van der Waals surface area (Å²) in [6.07, 6.45) is 2.62. The van der Waals surface area contributed by atoms with Crippen LogP contribution in [0, 0.1) is 0 Å². The Balaban J connectivity index is 1.82. The van der Waals surface area contributed by atoms with E-state index in [0.29, 0.717) is 19.3 Å². The van der Waals surface area contributed by atoms with Crippen LogP contribution in [-0.2, 0) is 9.59 Å². The van der Waals surface area contributed by atoms with Crippen LogP contribution in [0.5, 0.6) is 0 Å². The van der Waals surface area contributed by atoms with Crippen molar-refractivity contribution in [3.63, 3.8) is 0 Å². The molecule has 1 aromatic carbocycles. The molecule has 5 nitrogen and oxygen atoms in total. The number of carboxylic acid groups (broad SMARTS) is 1. The molecule has 0 aliphatic heterocycles. The van der Waals surface area contributed by atoms with E-state index in [1.165, 1.54) is 0 Å². The number of amides is 1. The second-order valence-electron chi connectivity index (χ2n) is 5.34. The molecule has 1 aliphatic carbocycles. The zero-order valence-corrected chi connectivity index (χ0v) is 11.3. The molecule has 1 atom stereocenters. The number of rotatable bonds is 6. The molecule has 20 heavy (non-hydrogen) atoms. The van der Waals surface area contributed by atoms with Gasteiger partial charge in [-0.1, -0.05) is 30.3 Å². The summed E-state index contributed by atoms with van der Waals surface area (Å²) in [7, 11) is 0. The maximum Gasteiger partial charge on any atom is 0.329 e. The van der Waals surface area contributed by atoms with Gasteiger partial charge in [0.1, 0.15) is 5.54 Å². The van der Waals surface area contributed by atoms with E-state index >= 15 is 0 Å². The van der Waals surface area contributed by atoms with Gasteiger partial charge >= 0.3 is 5.97 Å². The second kappa shape index (κ2) is 6.05. The highest BCUT2D eigenvalue weighted by atomic mass is 16.4. The van der Waals surface area contributed by atoms with Gasteiger partial charge in [0, 0.05) is 12.5 Å². The first-order valence-electron chi connectivity index (χ1n) is 6.88. The van der Waals surface area contributed by atoms with Crippen LogP contribution in [0.3, 0.4) is 0 Å². The van der Waals surface area contributed by atoms with Crippen LogP contribution >= 0.6 is 0 Å². The molecule has 1 aromatic rings. The van der Waals surface area contributed by atoms with Gasteiger partial charge in [-0.15, -0.1) is 0 Å². The number of carbonyl (C=O) groups excluding carboxylic acids is 1. The maximum atomic E-state index is 11.9. The zero-order valence-electron chi connectivity index (χ0n) is 11.3. The highest BCUT2D eigenvalue weighted by Gasteiger charge is 2.45. The van der Waals surface area contributed by atoms with Crippen LogP contribution in [0.4, 0.5) is 0 Å². The zero-order chi connectivity index (χ0) is 14.6. The molecule has 2 rings (SSSR count). The fraction of sp³-hybridized carbons (Fsp3) is 0.467. The molecule has 5 heteroatoms. The fourth-order valence-corrected chi connectivity index (χ4v) is 2.41. The van der Waals surface area contributed by atoms with Gasteiger partial charge in [-0.25, -0.2) is 4.79 Å². The van der Waals surface area contributed by atoms with Crippen molar-refractivity contribution in [2.75, 3.05) is 0 Å². The minimum atomic E-state index is -1.03. The topological polar surface area (TPSA) is 92.4 Å². The van der Waals surface area contributed by atoms with E-state index in [-0.39, 0.29) is 18.4 Å². The summed E-state index contributed by atoms with van der Waals surface area (Å²) in [5.41, 5.74) is 5.97. The quantitative estimate of drug-likeness (QED) is 0.735. The largest absolute Gasteiger partial charge is 0.480 e. The molecule has 1 amide bonds. The monoisotopic (exact) mass is 276 g/mol. The SMILES string of the molecule is NC(CCC(=O)NC1(C(=O)O)CCC1)c1ccccc1. The van der Waals surface area contributed by atoms with Crippen molar-refractivity contribution >= 4 is 11.9 Å². The molecule has 1 saturated carbocycles. The highest BCUT2D eigenvalue weighted by molar-refractivity contribution is 5.87. The molecule has 0 spiro atoms. The van der Waals surface area contributed by atoms with Crippen LogP contribution in [0.25, 0.3) is 0 Å². The smallest absolute Gasteiger partial charge is 0.329 e. The molecular formula is C15H20N2O3. The van der Waals surface area contributed by atoms with Crippen molar-refractivity contribution in [3.05, 3.63) is 35.9 Å². The minimum Gasteiger partial charge on any atom is -0.480 e. The predicted octanol–water partition coefficient (Wildman–Crippen LogP) is 1.59. The maximum absolute atomic E-state index is 11.9. The molecule has 0 saturated heterocycles. The van der Waals surface area contributed by atoms with E-state index in [1.807, 2.05) is 30.3 Å². The molecule has 1 unspecified atom stereocenters. The number of benzene rings is 1. The van der Waals surface area contributed by atoms with Crippen LogP contribution in [0.1, 0.15) is 43.7 Å². The Hall–Kier alpha value is -1.88. The van der Waals surface area contributed by atoms with Crippen LogP contribution in [0.2, 0.25) is 0 Å². The van der Waals surface area contributed by atoms with Crippen LogP contribution in [0.15, 0.2) is 30.3 Å². The number of hydrogen-bond acceptors (Lipinski definition) is 3. The molecule has 1 fully saturated rings. The van der Waals surface area contributed by atoms with E-state index < -0.39 is 11.5 Å². The number of nitrogens with two attached hydrogens (primary N) is 1. The number of carboxylic acids is 1. The first kappa shape index (κ1) is 14.5. The van der Waals surface area contributed by atoms with Gasteiger partial charge in [0.05, 0.1) is 0 Å². The third kappa shape index (κ3) is 3.17. The molecule has 0 aromatic heterocycles. The van der Waals surface area contributed by atoms with Gasteiger partial charge in [0.2, 0.25) is 5.91 Å². The number of hydrogen-bond donors (Lipinski definition) is 3. The molecule has 0 bridgehead atoms. The number of nitrogens with one attached hydrogen (secondary N) is 1. The Kier molecular flexibility index (Phi) is 4.39. The number of carbonyl (C=O) groups is 2. The highest BCUT2D eigenvalue weighted by Crippen LogP contribution is 2.32. The summed E-state index contributed by atoms with van der Waals surface area (Å²) in [6.45, 7) is 0. The first-order valence-corrected chi connectivity index (χ1v) is 6.88. The van der Waals surface area contributed by atoms with E-state index in [0.717, 1.165) is 12.0 Å². The molecule has 1 aliphatic rings. The average molecular weight is 276 g/mol. The number of aliphatic carboxylic acids is 1. The predicted molar refractivity (Wildman–Crippen MR) is 75.0 cm³/mol. The third-order valence-corrected chi connectivity index (χ3v) is 3.91. The summed E-state index contributed by atoms with van der Waals surface area (Å²) >= 11 is 0. The van der Waals surface area contributed by atoms with Crippen LogP contribution < -0.4 is 11.1 Å². The van der Waals surface area contributed by atoms with Gasteiger partial charge in [-0.2, -0.15) is 0 Å². The lowest BCUT2D eigenvalue weighted by Crippen LogP contribution is -2.59. The van der Waals surface area contributed by atoms with Gasteiger partial charge in [-0.05, 0) is 31.2 Å². The van der Waals surface area contributed by atoms with Crippen molar-refractivity contribution in [1.29, 1.82) is 0 Å². The van der Waals surface area contributed by atoms with E-state index in [9.17, 15) is 9.59 Å². The molecule has 4 N–H and O–H groups in total. The van der Waals surface area contributed by atoms with Crippen molar-refractivity contribution in [2.24, 2.45) is 5.73 Å². The molecular weight excluding hydrogens is 256 g/mol. The van der Waals surface area contributed by atoms with Crippen LogP contribution in [-0.4, -0.2) is 22.5 Å². The Morgan fingerprint density at radius 1 is 1.30 bits per heavy atom. The Bertz CT molecular complexity index is 483. The Morgan fingerprint density at radius 3 is 2.45 bits per heavy atom. The van der Waals surface area contributed by atoms with E-state index in [2.05, 4.69) is 5.32 Å². The lowest BCUT2D eigenvalue weighted by molar-refractivity contribution is -0.151. The summed E-state index contributed by atoms with van der Waals surface area (Å²) < 4.78 is 0. The molecule has 0 heterocycles. The fourth-order valence-electron chi connectivity index (χ4n) is 2.41. The summed E-state index contributed by atoms with van der Waals surface area (Å²) in [5, 5.41) is 11.8. The van der Waals surface area contributed by atoms with E-state index in [4.69, 9.17) is 10.8 Å². The normalized spacial score (nSPS) is 17.9. The van der Waals surface area contributed by atoms with Crippen molar-refractivity contribution < 1.29 is 14.7 Å². The second-order valence-corrected chi connectivity index (χ2v) is 5.34. The van der Waals surface area contributed by atoms with Gasteiger partial charge in [-0.3, -0.25) is 4.79 Å². The van der Waals surface area contributed by atoms with Crippen molar-refractivity contribution in [3.8, 4) is 0 Å². The Labute approximate surface area is 118 Å². The van der Waals surface area contributed by atoms with Crippen molar-refractivity contribution in [1.82, 2.24) is 5.32 Å². The van der Waals surface area contributed by atoms with Crippen molar-refractivity contribution in [2.45, 2.75) is 43.7 Å². The minimum absolute atomic E-state index is 0.205. The first-order chi connectivity index (χ1) is 9.53. The van der Waals surface area contributed by atoms with Gasteiger partial charge in [0.15, 0.2) is 0 Å². The molecule has 108 valence electrons. The van der Waals surface area contributed by atoms with Gasteiger partial charge < -0.3 is 16.2 Å². The van der Waals surface area contributed by atoms with Gasteiger partial charge in [0.25, 0.3) is 0 Å². The summed E-state index contributed by atoms with van der Waals surface area (Å²) in [5.74, 6) is -1.18. The lowest BCUT2D eigenvalue weighted by atomic mass is 9.76. The standard InChI is InChI=1S/C15H20N2O3/c16-12(11-5-2-1-3-6-11)7-8-13(18)17-15(14(19)20)9-4-10-15/h1-3,5-6,12H,4,7-10,16H2,(H,17,18)(H,19,20). The summed E-state index contributed by atoms with van der Waals surface area (Å²) in [4.78, 5) is 23.0.